The average molecular weight is 364 g/mol. The van der Waals surface area contributed by atoms with E-state index in [1.807, 2.05) is 13.8 Å². The van der Waals surface area contributed by atoms with Crippen LogP contribution in [0.1, 0.15) is 37.0 Å². The lowest BCUT2D eigenvalue weighted by molar-refractivity contribution is 0.0934. The van der Waals surface area contributed by atoms with Gasteiger partial charge in [-0.2, -0.15) is 0 Å². The molecule has 0 aliphatic rings. The molecule has 0 aliphatic carbocycles. The monoisotopic (exact) mass is 364 g/mol. The third-order valence-electron chi connectivity index (χ3n) is 3.87. The van der Waals surface area contributed by atoms with Crippen LogP contribution >= 0.6 is 0 Å². The molecule has 0 saturated carbocycles. The van der Waals surface area contributed by atoms with E-state index in [1.54, 1.807) is 0 Å². The summed E-state index contributed by atoms with van der Waals surface area (Å²) in [5, 5.41) is 2.88. The molecular weight excluding hydrogens is 343 g/mol. The molecule has 0 atom stereocenters. The molecule has 7 heteroatoms. The van der Waals surface area contributed by atoms with Gasteiger partial charge in [0.1, 0.15) is 5.82 Å². The number of para-hydroxylation sites is 1. The van der Waals surface area contributed by atoms with E-state index in [1.165, 1.54) is 48.5 Å². The normalized spacial score (nSPS) is 11.4. The van der Waals surface area contributed by atoms with E-state index >= 15 is 0 Å². The summed E-state index contributed by atoms with van der Waals surface area (Å²) in [6.45, 7) is 3.97. The summed E-state index contributed by atoms with van der Waals surface area (Å²) in [6.07, 6.45) is 1.64. The van der Waals surface area contributed by atoms with E-state index in [0.29, 0.717) is 5.56 Å². The molecule has 2 aromatic carbocycles. The first kappa shape index (κ1) is 18.9. The van der Waals surface area contributed by atoms with Crippen LogP contribution in [0.15, 0.2) is 53.4 Å². The first-order valence-electron chi connectivity index (χ1n) is 8.05. The van der Waals surface area contributed by atoms with E-state index in [4.69, 9.17) is 0 Å². The standard InChI is InChI=1S/C18H21FN2O3S/c1-3-14(4-2)20-18(22)13-9-11-15(12-10-13)25(23,24)21-17-8-6-5-7-16(17)19/h5-12,14,21H,3-4H2,1-2H3,(H,20,22). The van der Waals surface area contributed by atoms with Crippen molar-refractivity contribution in [1.82, 2.24) is 5.32 Å². The molecule has 0 saturated heterocycles. The minimum Gasteiger partial charge on any atom is -0.349 e. The van der Waals surface area contributed by atoms with Crippen molar-refractivity contribution in [2.45, 2.75) is 37.6 Å². The van der Waals surface area contributed by atoms with Crippen LogP contribution in [0.5, 0.6) is 0 Å². The highest BCUT2D eigenvalue weighted by molar-refractivity contribution is 7.92. The maximum absolute atomic E-state index is 13.6. The van der Waals surface area contributed by atoms with Crippen molar-refractivity contribution in [3.8, 4) is 0 Å². The van der Waals surface area contributed by atoms with E-state index in [2.05, 4.69) is 10.0 Å². The van der Waals surface area contributed by atoms with Crippen LogP contribution in [0.2, 0.25) is 0 Å². The van der Waals surface area contributed by atoms with Crippen LogP contribution in [0.4, 0.5) is 10.1 Å². The summed E-state index contributed by atoms with van der Waals surface area (Å²) in [7, 11) is -3.93. The fourth-order valence-electron chi connectivity index (χ4n) is 2.29. The van der Waals surface area contributed by atoms with Crippen LogP contribution < -0.4 is 10.0 Å². The Morgan fingerprint density at radius 1 is 1.04 bits per heavy atom. The topological polar surface area (TPSA) is 75.3 Å². The zero-order chi connectivity index (χ0) is 18.4. The number of hydrogen-bond acceptors (Lipinski definition) is 3. The van der Waals surface area contributed by atoms with Crippen LogP contribution in [-0.4, -0.2) is 20.4 Å². The first-order valence-corrected chi connectivity index (χ1v) is 9.54. The Hall–Kier alpha value is -2.41. The SMILES string of the molecule is CCC(CC)NC(=O)c1ccc(S(=O)(=O)Nc2ccccc2F)cc1. The fourth-order valence-corrected chi connectivity index (χ4v) is 3.36. The minimum atomic E-state index is -3.93. The molecule has 2 N–H and O–H groups in total. The number of hydrogen-bond donors (Lipinski definition) is 2. The summed E-state index contributed by atoms with van der Waals surface area (Å²) < 4.78 is 40.5. The zero-order valence-corrected chi connectivity index (χ0v) is 14.9. The predicted octanol–water partition coefficient (Wildman–Crippen LogP) is 3.54. The highest BCUT2D eigenvalue weighted by Gasteiger charge is 2.17. The van der Waals surface area contributed by atoms with Crippen molar-refractivity contribution in [1.29, 1.82) is 0 Å². The lowest BCUT2D eigenvalue weighted by atomic mass is 10.1. The Kier molecular flexibility index (Phi) is 6.14. The molecule has 134 valence electrons. The third-order valence-corrected chi connectivity index (χ3v) is 5.25. The van der Waals surface area contributed by atoms with Crippen LogP contribution in [0.25, 0.3) is 0 Å². The van der Waals surface area contributed by atoms with E-state index in [0.717, 1.165) is 12.8 Å². The van der Waals surface area contributed by atoms with Crippen LogP contribution in [0, 0.1) is 5.82 Å². The first-order chi connectivity index (χ1) is 11.9. The van der Waals surface area contributed by atoms with Gasteiger partial charge in [0.25, 0.3) is 15.9 Å². The smallest absolute Gasteiger partial charge is 0.261 e. The summed E-state index contributed by atoms with van der Waals surface area (Å²) >= 11 is 0. The second-order valence-corrected chi connectivity index (χ2v) is 7.28. The van der Waals surface area contributed by atoms with Gasteiger partial charge in [0.2, 0.25) is 0 Å². The van der Waals surface area contributed by atoms with Gasteiger partial charge in [-0.05, 0) is 49.2 Å². The summed E-state index contributed by atoms with van der Waals surface area (Å²) in [5.74, 6) is -0.910. The fraction of sp³-hybridized carbons (Fsp3) is 0.278. The highest BCUT2D eigenvalue weighted by Crippen LogP contribution is 2.19. The molecule has 0 aromatic heterocycles. The third kappa shape index (κ3) is 4.79. The lowest BCUT2D eigenvalue weighted by Gasteiger charge is -2.15. The zero-order valence-electron chi connectivity index (χ0n) is 14.1. The molecular formula is C18H21FN2O3S. The average Bonchev–Trinajstić information content (AvgIpc) is 2.61. The van der Waals surface area contributed by atoms with Crippen molar-refractivity contribution in [2.24, 2.45) is 0 Å². The maximum atomic E-state index is 13.6. The number of benzene rings is 2. The second-order valence-electron chi connectivity index (χ2n) is 5.60. The Morgan fingerprint density at radius 3 is 2.20 bits per heavy atom. The highest BCUT2D eigenvalue weighted by atomic mass is 32.2. The molecule has 1 amide bonds. The van der Waals surface area contributed by atoms with Crippen molar-refractivity contribution in [3.05, 3.63) is 59.9 Å². The number of carbonyl (C=O) groups is 1. The predicted molar refractivity (Wildman–Crippen MR) is 95.5 cm³/mol. The second kappa shape index (κ2) is 8.11. The number of anilines is 1. The molecule has 0 heterocycles. The molecule has 25 heavy (non-hydrogen) atoms. The molecule has 0 unspecified atom stereocenters. The van der Waals surface area contributed by atoms with Gasteiger partial charge in [0.05, 0.1) is 10.6 Å². The molecule has 0 fully saturated rings. The molecule has 0 bridgehead atoms. The molecule has 0 spiro atoms. The number of sulfonamides is 1. The quantitative estimate of drug-likeness (QED) is 0.789. The maximum Gasteiger partial charge on any atom is 0.261 e. The molecule has 0 aliphatic heterocycles. The van der Waals surface area contributed by atoms with Gasteiger partial charge in [-0.25, -0.2) is 12.8 Å². The minimum absolute atomic E-state index is 0.0464. The van der Waals surface area contributed by atoms with Gasteiger partial charge in [-0.15, -0.1) is 0 Å². The Balaban J connectivity index is 2.16. The molecule has 2 aromatic rings. The van der Waals surface area contributed by atoms with Gasteiger partial charge >= 0.3 is 0 Å². The van der Waals surface area contributed by atoms with E-state index in [-0.39, 0.29) is 22.5 Å². The lowest BCUT2D eigenvalue weighted by Crippen LogP contribution is -2.33. The van der Waals surface area contributed by atoms with Gasteiger partial charge in [-0.3, -0.25) is 9.52 Å². The molecule has 2 rings (SSSR count). The Labute approximate surface area is 147 Å². The molecule has 0 radical (unpaired) electrons. The van der Waals surface area contributed by atoms with Crippen molar-refractivity contribution < 1.29 is 17.6 Å². The van der Waals surface area contributed by atoms with Gasteiger partial charge in [-0.1, -0.05) is 26.0 Å². The van der Waals surface area contributed by atoms with E-state index in [9.17, 15) is 17.6 Å². The number of rotatable bonds is 7. The summed E-state index contributed by atoms with van der Waals surface area (Å²) in [5.41, 5.74) is 0.245. The largest absolute Gasteiger partial charge is 0.349 e. The van der Waals surface area contributed by atoms with Gasteiger partial charge < -0.3 is 5.32 Å². The number of amides is 1. The van der Waals surface area contributed by atoms with Crippen molar-refractivity contribution in [3.63, 3.8) is 0 Å². The van der Waals surface area contributed by atoms with Crippen LogP contribution in [0.3, 0.4) is 0 Å². The number of nitrogens with one attached hydrogen (secondary N) is 2. The summed E-state index contributed by atoms with van der Waals surface area (Å²) in [4.78, 5) is 12.1. The van der Waals surface area contributed by atoms with E-state index < -0.39 is 15.8 Å². The number of halogens is 1. The van der Waals surface area contributed by atoms with Crippen LogP contribution in [-0.2, 0) is 10.0 Å². The van der Waals surface area contributed by atoms with Gasteiger partial charge in [0, 0.05) is 11.6 Å². The van der Waals surface area contributed by atoms with Crippen molar-refractivity contribution in [2.75, 3.05) is 4.72 Å². The number of carbonyl (C=O) groups excluding carboxylic acids is 1. The van der Waals surface area contributed by atoms with Crippen molar-refractivity contribution >= 4 is 21.6 Å². The Morgan fingerprint density at radius 2 is 1.64 bits per heavy atom. The summed E-state index contributed by atoms with van der Waals surface area (Å²) in [6, 6.07) is 11.1. The Bertz CT molecular complexity index is 832. The molecule has 5 nitrogen and oxygen atoms in total. The van der Waals surface area contributed by atoms with Gasteiger partial charge in [0.15, 0.2) is 0 Å².